The van der Waals surface area contributed by atoms with Gasteiger partial charge >= 0.3 is 0 Å². The lowest BCUT2D eigenvalue weighted by Gasteiger charge is -1.95. The van der Waals surface area contributed by atoms with Gasteiger partial charge in [0.05, 0.1) is 10.4 Å². The van der Waals surface area contributed by atoms with E-state index in [2.05, 4.69) is 20.3 Å². The average molecular weight is 229 g/mol. The van der Waals surface area contributed by atoms with Crippen LogP contribution in [0.3, 0.4) is 0 Å². The number of halogens is 1. The third-order valence-corrected chi connectivity index (χ3v) is 3.04. The highest BCUT2D eigenvalue weighted by molar-refractivity contribution is 9.10. The molecule has 0 aliphatic carbocycles. The summed E-state index contributed by atoms with van der Waals surface area (Å²) in [6.07, 6.45) is 1.82. The quantitative estimate of drug-likeness (QED) is 0.705. The van der Waals surface area contributed by atoms with Crippen LogP contribution in [0.4, 0.5) is 5.69 Å². The van der Waals surface area contributed by atoms with Gasteiger partial charge < -0.3 is 5.73 Å². The molecule has 0 bridgehead atoms. The second kappa shape index (κ2) is 2.46. The summed E-state index contributed by atoms with van der Waals surface area (Å²) in [6.45, 7) is 0. The van der Waals surface area contributed by atoms with Crippen LogP contribution >= 0.6 is 27.5 Å². The van der Waals surface area contributed by atoms with Crippen molar-refractivity contribution in [3.05, 3.63) is 22.8 Å². The van der Waals surface area contributed by atoms with E-state index in [0.717, 1.165) is 20.2 Å². The number of hydrogen-bond donors (Lipinski definition) is 1. The highest BCUT2D eigenvalue weighted by atomic mass is 79.9. The predicted octanol–water partition coefficient (Wildman–Crippen LogP) is 2.64. The molecule has 0 saturated heterocycles. The van der Waals surface area contributed by atoms with Gasteiger partial charge in [0.2, 0.25) is 0 Å². The van der Waals surface area contributed by atoms with Gasteiger partial charge in [-0.05, 0) is 23.7 Å². The molecule has 11 heavy (non-hydrogen) atoms. The molecule has 0 amide bonds. The molecule has 0 saturated carbocycles. The third-order valence-electron chi connectivity index (χ3n) is 1.50. The van der Waals surface area contributed by atoms with Gasteiger partial charge in [-0.25, -0.2) is 0 Å². The first-order chi connectivity index (χ1) is 5.29. The van der Waals surface area contributed by atoms with Gasteiger partial charge in [-0.15, -0.1) is 0 Å². The zero-order chi connectivity index (χ0) is 7.84. The van der Waals surface area contributed by atoms with E-state index < -0.39 is 0 Å². The van der Waals surface area contributed by atoms with E-state index in [1.807, 2.05) is 18.3 Å². The SMILES string of the molecule is Nc1ccc(Br)c2cnsc12. The molecule has 1 aromatic carbocycles. The summed E-state index contributed by atoms with van der Waals surface area (Å²) < 4.78 is 6.16. The van der Waals surface area contributed by atoms with E-state index >= 15 is 0 Å². The number of nitrogens with two attached hydrogens (primary N) is 1. The van der Waals surface area contributed by atoms with Crippen LogP contribution in [0, 0.1) is 0 Å². The number of aromatic nitrogens is 1. The Morgan fingerprint density at radius 1 is 1.45 bits per heavy atom. The molecule has 0 atom stereocenters. The Morgan fingerprint density at radius 2 is 2.27 bits per heavy atom. The van der Waals surface area contributed by atoms with Crippen LogP contribution in [0.25, 0.3) is 10.1 Å². The highest BCUT2D eigenvalue weighted by Crippen LogP contribution is 2.30. The number of nitrogen functional groups attached to an aromatic ring is 1. The van der Waals surface area contributed by atoms with Crippen molar-refractivity contribution >= 4 is 43.2 Å². The average Bonchev–Trinajstić information content (AvgIpc) is 2.45. The van der Waals surface area contributed by atoms with Crippen LogP contribution in [0.1, 0.15) is 0 Å². The molecule has 0 fully saturated rings. The van der Waals surface area contributed by atoms with Gasteiger partial charge in [-0.3, -0.25) is 0 Å². The number of nitrogens with zero attached hydrogens (tertiary/aromatic N) is 1. The number of anilines is 1. The molecule has 0 aliphatic heterocycles. The summed E-state index contributed by atoms with van der Waals surface area (Å²) in [6, 6.07) is 3.82. The van der Waals surface area contributed by atoms with Gasteiger partial charge in [-0.2, -0.15) is 4.37 Å². The van der Waals surface area contributed by atoms with Crippen LogP contribution < -0.4 is 5.73 Å². The van der Waals surface area contributed by atoms with E-state index in [1.54, 1.807) is 0 Å². The Morgan fingerprint density at radius 3 is 3.00 bits per heavy atom. The van der Waals surface area contributed by atoms with Crippen LogP contribution in [-0.4, -0.2) is 4.37 Å². The Bertz CT molecular complexity index is 360. The number of benzene rings is 1. The van der Waals surface area contributed by atoms with Gasteiger partial charge in [0.15, 0.2) is 0 Å². The second-order valence-corrected chi connectivity index (χ2v) is 3.86. The maximum absolute atomic E-state index is 5.72. The van der Waals surface area contributed by atoms with Crippen molar-refractivity contribution < 1.29 is 0 Å². The normalized spacial score (nSPS) is 10.6. The first kappa shape index (κ1) is 7.06. The zero-order valence-electron chi connectivity index (χ0n) is 5.54. The molecule has 0 aliphatic rings. The largest absolute Gasteiger partial charge is 0.398 e. The lowest BCUT2D eigenvalue weighted by molar-refractivity contribution is 1.60. The lowest BCUT2D eigenvalue weighted by Crippen LogP contribution is -1.82. The Hall–Kier alpha value is -0.610. The molecule has 0 radical (unpaired) electrons. The van der Waals surface area contributed by atoms with E-state index in [9.17, 15) is 0 Å². The maximum Gasteiger partial charge on any atom is 0.0790 e. The molecule has 1 aromatic heterocycles. The molecular weight excluding hydrogens is 224 g/mol. The van der Waals surface area contributed by atoms with Crippen molar-refractivity contribution in [1.82, 2.24) is 4.37 Å². The van der Waals surface area contributed by atoms with Gasteiger partial charge in [0, 0.05) is 16.1 Å². The minimum absolute atomic E-state index is 0.797. The van der Waals surface area contributed by atoms with Crippen molar-refractivity contribution in [2.24, 2.45) is 0 Å². The van der Waals surface area contributed by atoms with Crippen LogP contribution in [0.2, 0.25) is 0 Å². The molecular formula is C7H5BrN2S. The monoisotopic (exact) mass is 228 g/mol. The second-order valence-electron chi connectivity index (χ2n) is 2.21. The Balaban J connectivity index is 2.96. The fourth-order valence-electron chi connectivity index (χ4n) is 0.946. The van der Waals surface area contributed by atoms with Crippen molar-refractivity contribution in [3.8, 4) is 0 Å². The Kier molecular flexibility index (Phi) is 1.58. The molecule has 2 nitrogen and oxygen atoms in total. The minimum atomic E-state index is 0.797. The molecule has 2 rings (SSSR count). The van der Waals surface area contributed by atoms with Crippen LogP contribution in [0.5, 0.6) is 0 Å². The Labute approximate surface area is 76.3 Å². The van der Waals surface area contributed by atoms with E-state index in [0.29, 0.717) is 0 Å². The molecule has 0 unspecified atom stereocenters. The topological polar surface area (TPSA) is 38.9 Å². The van der Waals surface area contributed by atoms with E-state index in [4.69, 9.17) is 5.73 Å². The number of fused-ring (bicyclic) bond motifs is 1. The van der Waals surface area contributed by atoms with Gasteiger partial charge in [0.1, 0.15) is 0 Å². The summed E-state index contributed by atoms with van der Waals surface area (Å²) in [5, 5.41) is 1.09. The fraction of sp³-hybridized carbons (Fsp3) is 0. The molecule has 0 spiro atoms. The van der Waals surface area contributed by atoms with Crippen LogP contribution in [-0.2, 0) is 0 Å². The first-order valence-corrected chi connectivity index (χ1v) is 4.64. The predicted molar refractivity (Wildman–Crippen MR) is 51.7 cm³/mol. The summed E-state index contributed by atoms with van der Waals surface area (Å²) in [7, 11) is 0. The van der Waals surface area contributed by atoms with Crippen molar-refractivity contribution in [3.63, 3.8) is 0 Å². The number of hydrogen-bond acceptors (Lipinski definition) is 3. The summed E-state index contributed by atoms with van der Waals surface area (Å²) in [4.78, 5) is 0. The summed E-state index contributed by atoms with van der Waals surface area (Å²) in [5.41, 5.74) is 6.52. The molecule has 4 heteroatoms. The van der Waals surface area contributed by atoms with Gasteiger partial charge in [0.25, 0.3) is 0 Å². The van der Waals surface area contributed by atoms with Crippen LogP contribution in [0.15, 0.2) is 22.8 Å². The fourth-order valence-corrected chi connectivity index (χ4v) is 2.21. The van der Waals surface area contributed by atoms with Crippen molar-refractivity contribution in [2.45, 2.75) is 0 Å². The summed E-state index contributed by atoms with van der Waals surface area (Å²) in [5.74, 6) is 0. The molecule has 2 aromatic rings. The molecule has 56 valence electrons. The smallest absolute Gasteiger partial charge is 0.0790 e. The maximum atomic E-state index is 5.72. The molecule has 1 heterocycles. The third kappa shape index (κ3) is 1.02. The first-order valence-electron chi connectivity index (χ1n) is 3.07. The minimum Gasteiger partial charge on any atom is -0.398 e. The van der Waals surface area contributed by atoms with E-state index in [-0.39, 0.29) is 0 Å². The van der Waals surface area contributed by atoms with Gasteiger partial charge in [-0.1, -0.05) is 15.9 Å². The number of rotatable bonds is 0. The standard InChI is InChI=1S/C7H5BrN2S/c8-5-1-2-6(9)7-4(5)3-10-11-7/h1-3H,9H2. The van der Waals surface area contributed by atoms with Crippen molar-refractivity contribution in [2.75, 3.05) is 5.73 Å². The molecule has 2 N–H and O–H groups in total. The lowest BCUT2D eigenvalue weighted by atomic mass is 10.2. The van der Waals surface area contributed by atoms with E-state index in [1.165, 1.54) is 11.5 Å². The zero-order valence-corrected chi connectivity index (χ0v) is 7.95. The summed E-state index contributed by atoms with van der Waals surface area (Å²) >= 11 is 4.84. The van der Waals surface area contributed by atoms with Crippen molar-refractivity contribution in [1.29, 1.82) is 0 Å². The highest BCUT2D eigenvalue weighted by Gasteiger charge is 2.02.